The van der Waals surface area contributed by atoms with E-state index in [-0.39, 0.29) is 17.4 Å². The first-order valence-electron chi connectivity index (χ1n) is 9.57. The van der Waals surface area contributed by atoms with Gasteiger partial charge >= 0.3 is 0 Å². The Labute approximate surface area is 208 Å². The van der Waals surface area contributed by atoms with Crippen molar-refractivity contribution in [3.8, 4) is 0 Å². The third-order valence-corrected chi connectivity index (χ3v) is 7.84. The van der Waals surface area contributed by atoms with Crippen molar-refractivity contribution in [3.05, 3.63) is 68.7 Å². The standard InChI is InChI=1S/C21H17BrCl2N4O4S/c1-21(9-12-2-4-13(22)5-3-12)19(30)27(16-7-14(23)6-15(24)8-16)20-26-10-18(28(20)21)33(31,32)11-17(25)29/h2-8,10H,9,11H2,1H3,(H2,25,29). The van der Waals surface area contributed by atoms with Crippen molar-refractivity contribution in [2.75, 3.05) is 10.7 Å². The number of fused-ring (bicyclic) bond motifs is 1. The van der Waals surface area contributed by atoms with Gasteiger partial charge in [-0.25, -0.2) is 18.3 Å². The summed E-state index contributed by atoms with van der Waals surface area (Å²) in [5.74, 6) is -2.28. The highest BCUT2D eigenvalue weighted by Gasteiger charge is 2.51. The van der Waals surface area contributed by atoms with E-state index >= 15 is 0 Å². The number of nitrogens with two attached hydrogens (primary N) is 1. The number of carbonyl (C=O) groups excluding carboxylic acids is 2. The Kier molecular flexibility index (Phi) is 6.06. The van der Waals surface area contributed by atoms with Gasteiger partial charge in [-0.3, -0.25) is 14.2 Å². The number of amides is 2. The predicted molar refractivity (Wildman–Crippen MR) is 129 cm³/mol. The molecule has 1 atom stereocenters. The number of halogens is 3. The van der Waals surface area contributed by atoms with Crippen LogP contribution in [0, 0.1) is 0 Å². The van der Waals surface area contributed by atoms with E-state index in [0.29, 0.717) is 15.7 Å². The van der Waals surface area contributed by atoms with Gasteiger partial charge in [0, 0.05) is 20.9 Å². The fourth-order valence-electron chi connectivity index (χ4n) is 3.91. The number of carbonyl (C=O) groups is 2. The third-order valence-electron chi connectivity index (χ3n) is 5.29. The summed E-state index contributed by atoms with van der Waals surface area (Å²) in [6.07, 6.45) is 1.28. The van der Waals surface area contributed by atoms with Crippen molar-refractivity contribution in [2.24, 2.45) is 5.73 Å². The molecule has 2 amide bonds. The van der Waals surface area contributed by atoms with Crippen molar-refractivity contribution < 1.29 is 18.0 Å². The van der Waals surface area contributed by atoms with Crippen molar-refractivity contribution in [3.63, 3.8) is 0 Å². The summed E-state index contributed by atoms with van der Waals surface area (Å²) in [7, 11) is -4.17. The molecule has 0 fully saturated rings. The molecular weight excluding hydrogens is 555 g/mol. The fourth-order valence-corrected chi connectivity index (χ4v) is 5.99. The van der Waals surface area contributed by atoms with Gasteiger partial charge in [0.15, 0.2) is 5.03 Å². The van der Waals surface area contributed by atoms with E-state index in [1.54, 1.807) is 6.92 Å². The lowest BCUT2D eigenvalue weighted by Gasteiger charge is -2.26. The van der Waals surface area contributed by atoms with Crippen molar-refractivity contribution >= 4 is 72.4 Å². The predicted octanol–water partition coefficient (Wildman–Crippen LogP) is 3.85. The molecule has 1 aliphatic heterocycles. The summed E-state index contributed by atoms with van der Waals surface area (Å²) in [4.78, 5) is 30.8. The molecule has 2 heterocycles. The Bertz CT molecular complexity index is 1370. The Morgan fingerprint density at radius 1 is 1.15 bits per heavy atom. The maximum absolute atomic E-state index is 13.8. The largest absolute Gasteiger partial charge is 0.369 e. The average molecular weight is 572 g/mol. The molecule has 4 rings (SSSR count). The molecule has 1 unspecified atom stereocenters. The Morgan fingerprint density at radius 3 is 2.33 bits per heavy atom. The zero-order valence-electron chi connectivity index (χ0n) is 17.1. The third kappa shape index (κ3) is 4.28. The second-order valence-corrected chi connectivity index (χ2v) is 11.5. The van der Waals surface area contributed by atoms with E-state index in [1.807, 2.05) is 24.3 Å². The molecule has 1 aromatic heterocycles. The molecule has 172 valence electrons. The quantitative estimate of drug-likeness (QED) is 0.482. The van der Waals surface area contributed by atoms with Crippen LogP contribution in [-0.4, -0.2) is 35.5 Å². The minimum absolute atomic E-state index is 0.0704. The van der Waals surface area contributed by atoms with Gasteiger partial charge in [-0.1, -0.05) is 51.3 Å². The second kappa shape index (κ2) is 8.43. The fraction of sp³-hybridized carbons (Fsp3) is 0.190. The number of benzene rings is 2. The van der Waals surface area contributed by atoms with Gasteiger partial charge in [0.2, 0.25) is 21.7 Å². The van der Waals surface area contributed by atoms with Crippen LogP contribution in [0.1, 0.15) is 12.5 Å². The molecule has 2 N–H and O–H groups in total. The van der Waals surface area contributed by atoms with Gasteiger partial charge < -0.3 is 5.73 Å². The molecule has 0 bridgehead atoms. The smallest absolute Gasteiger partial charge is 0.260 e. The number of anilines is 2. The molecule has 1 aliphatic rings. The lowest BCUT2D eigenvalue weighted by molar-refractivity contribution is -0.124. The second-order valence-electron chi connectivity index (χ2n) is 7.80. The zero-order valence-corrected chi connectivity index (χ0v) is 21.0. The first kappa shape index (κ1) is 23.7. The van der Waals surface area contributed by atoms with E-state index in [4.69, 9.17) is 28.9 Å². The van der Waals surface area contributed by atoms with Crippen LogP contribution in [0.15, 0.2) is 58.2 Å². The number of imidazole rings is 1. The number of rotatable bonds is 6. The summed E-state index contributed by atoms with van der Waals surface area (Å²) >= 11 is 15.7. The van der Waals surface area contributed by atoms with Gasteiger partial charge in [-0.05, 0) is 42.8 Å². The first-order valence-corrected chi connectivity index (χ1v) is 12.8. The van der Waals surface area contributed by atoms with E-state index in [1.165, 1.54) is 27.7 Å². The highest BCUT2D eigenvalue weighted by atomic mass is 79.9. The van der Waals surface area contributed by atoms with Crippen LogP contribution in [0.5, 0.6) is 0 Å². The van der Waals surface area contributed by atoms with Crippen molar-refractivity contribution in [1.29, 1.82) is 0 Å². The van der Waals surface area contributed by atoms with Gasteiger partial charge in [-0.2, -0.15) is 0 Å². The Balaban J connectivity index is 1.93. The highest BCUT2D eigenvalue weighted by Crippen LogP contribution is 2.44. The summed E-state index contributed by atoms with van der Waals surface area (Å²) in [6.45, 7) is 1.62. The molecule has 0 saturated heterocycles. The number of hydrogen-bond acceptors (Lipinski definition) is 5. The van der Waals surface area contributed by atoms with Crippen LogP contribution in [0.2, 0.25) is 10.0 Å². The lowest BCUT2D eigenvalue weighted by atomic mass is 9.92. The van der Waals surface area contributed by atoms with Crippen LogP contribution in [0.3, 0.4) is 0 Å². The molecule has 3 aromatic rings. The van der Waals surface area contributed by atoms with Gasteiger partial charge in [0.25, 0.3) is 5.91 Å². The number of aromatic nitrogens is 2. The molecule has 0 spiro atoms. The molecule has 12 heteroatoms. The van der Waals surface area contributed by atoms with Crippen LogP contribution >= 0.6 is 39.1 Å². The molecular formula is C21H17BrCl2N4O4S. The lowest BCUT2D eigenvalue weighted by Crippen LogP contribution is -2.42. The monoisotopic (exact) mass is 570 g/mol. The minimum Gasteiger partial charge on any atom is -0.369 e. The number of nitrogens with zero attached hydrogens (tertiary/aromatic N) is 3. The molecule has 8 nitrogen and oxygen atoms in total. The van der Waals surface area contributed by atoms with Crippen molar-refractivity contribution in [2.45, 2.75) is 23.9 Å². The average Bonchev–Trinajstić information content (AvgIpc) is 3.22. The molecule has 33 heavy (non-hydrogen) atoms. The van der Waals surface area contributed by atoms with E-state index in [9.17, 15) is 18.0 Å². The van der Waals surface area contributed by atoms with Crippen LogP contribution in [0.25, 0.3) is 0 Å². The Hall–Kier alpha value is -2.40. The molecule has 0 saturated carbocycles. The van der Waals surface area contributed by atoms with Crippen molar-refractivity contribution in [1.82, 2.24) is 9.55 Å². The van der Waals surface area contributed by atoms with Crippen LogP contribution in [0.4, 0.5) is 11.6 Å². The topological polar surface area (TPSA) is 115 Å². The summed E-state index contributed by atoms with van der Waals surface area (Å²) in [5.41, 5.74) is 4.90. The van der Waals surface area contributed by atoms with E-state index in [0.717, 1.165) is 16.2 Å². The minimum atomic E-state index is -4.17. The van der Waals surface area contributed by atoms with E-state index in [2.05, 4.69) is 20.9 Å². The summed E-state index contributed by atoms with van der Waals surface area (Å²) in [6, 6.07) is 11.9. The van der Waals surface area contributed by atoms with Gasteiger partial charge in [-0.15, -0.1) is 0 Å². The zero-order chi connectivity index (χ0) is 24.1. The van der Waals surface area contributed by atoms with Gasteiger partial charge in [0.1, 0.15) is 11.3 Å². The maximum atomic E-state index is 13.8. The van der Waals surface area contributed by atoms with Crippen LogP contribution < -0.4 is 10.6 Å². The maximum Gasteiger partial charge on any atom is 0.260 e. The highest BCUT2D eigenvalue weighted by molar-refractivity contribution is 9.10. The molecule has 0 aliphatic carbocycles. The molecule has 0 radical (unpaired) electrons. The number of hydrogen-bond donors (Lipinski definition) is 1. The number of sulfone groups is 1. The normalized spacial score (nSPS) is 17.9. The van der Waals surface area contributed by atoms with E-state index < -0.39 is 32.9 Å². The van der Waals surface area contributed by atoms with Crippen LogP contribution in [-0.2, 0) is 31.4 Å². The summed E-state index contributed by atoms with van der Waals surface area (Å²) in [5, 5.41) is 0.317. The van der Waals surface area contributed by atoms with Gasteiger partial charge in [0.05, 0.1) is 11.9 Å². The summed E-state index contributed by atoms with van der Waals surface area (Å²) < 4.78 is 28.1. The first-order chi connectivity index (χ1) is 15.4. The SMILES string of the molecule is CC1(Cc2ccc(Br)cc2)C(=O)N(c2cc(Cl)cc(Cl)c2)c2ncc(S(=O)(=O)CC(N)=O)n21. The number of primary amides is 1. The Morgan fingerprint density at radius 2 is 1.76 bits per heavy atom. The molecule has 2 aromatic carbocycles.